The van der Waals surface area contributed by atoms with Gasteiger partial charge in [0.15, 0.2) is 11.5 Å². The maximum Gasteiger partial charge on any atom is 0.380 e. The number of benzene rings is 1. The highest BCUT2D eigenvalue weighted by molar-refractivity contribution is 9.18. The molecule has 1 aromatic rings. The molecule has 3 nitrogen and oxygen atoms in total. The minimum Gasteiger partial charge on any atom is -0.504 e. The van der Waals surface area contributed by atoms with Crippen molar-refractivity contribution >= 4 is 20.8 Å². The first-order valence-electron chi connectivity index (χ1n) is 2.85. The highest BCUT2D eigenvalue weighted by atomic mass is 79.9. The van der Waals surface area contributed by atoms with Crippen LogP contribution >= 0.6 is 15.9 Å². The Morgan fingerprint density at radius 3 is 2.64 bits per heavy atom. The van der Waals surface area contributed by atoms with Gasteiger partial charge in [0.05, 0.1) is 0 Å². The second kappa shape index (κ2) is 3.39. The van der Waals surface area contributed by atoms with E-state index in [0.29, 0.717) is 0 Å². The smallest absolute Gasteiger partial charge is 0.380 e. The van der Waals surface area contributed by atoms with Crippen LogP contribution in [0.2, 0.25) is 0 Å². The highest BCUT2D eigenvalue weighted by Gasteiger charge is 2.02. The van der Waals surface area contributed by atoms with Gasteiger partial charge in [-0.2, -0.15) is 0 Å². The van der Waals surface area contributed by atoms with Gasteiger partial charge in [-0.3, -0.25) is 0 Å². The van der Waals surface area contributed by atoms with Gasteiger partial charge in [0.25, 0.3) is 0 Å². The fraction of sp³-hybridized carbons (Fsp3) is 0. The number of hydrogen-bond acceptors (Lipinski definition) is 3. The molecular weight excluding hydrogens is 212 g/mol. The van der Waals surface area contributed by atoms with Crippen molar-refractivity contribution < 1.29 is 14.6 Å². The van der Waals surface area contributed by atoms with Crippen molar-refractivity contribution in [2.75, 3.05) is 0 Å². The lowest BCUT2D eigenvalue weighted by Gasteiger charge is -2.00. The average Bonchev–Trinajstić information content (AvgIpc) is 1.93. The van der Waals surface area contributed by atoms with Gasteiger partial charge in [-0.25, -0.2) is 4.79 Å². The van der Waals surface area contributed by atoms with Gasteiger partial charge in [0.2, 0.25) is 0 Å². The van der Waals surface area contributed by atoms with Crippen molar-refractivity contribution in [2.45, 2.75) is 0 Å². The molecule has 0 unspecified atom stereocenters. The van der Waals surface area contributed by atoms with Crippen molar-refractivity contribution in [2.24, 2.45) is 0 Å². The van der Waals surface area contributed by atoms with E-state index in [1.807, 2.05) is 0 Å². The lowest BCUT2D eigenvalue weighted by Crippen LogP contribution is -1.94. The molecule has 4 heteroatoms. The van der Waals surface area contributed by atoms with Crippen molar-refractivity contribution in [3.05, 3.63) is 24.3 Å². The quantitative estimate of drug-likeness (QED) is 0.734. The zero-order chi connectivity index (χ0) is 8.27. The minimum atomic E-state index is -0.626. The number of ether oxygens (including phenoxy) is 1. The summed E-state index contributed by atoms with van der Waals surface area (Å²) < 4.78 is 4.57. The second-order valence-corrected chi connectivity index (χ2v) is 2.45. The van der Waals surface area contributed by atoms with E-state index in [0.717, 1.165) is 0 Å². The number of aromatic hydroxyl groups is 1. The molecular formula is C7H5BrO3. The molecule has 0 radical (unpaired) electrons. The molecule has 0 aliphatic carbocycles. The zero-order valence-corrected chi connectivity index (χ0v) is 7.04. The van der Waals surface area contributed by atoms with Crippen LogP contribution in [0.3, 0.4) is 0 Å². The van der Waals surface area contributed by atoms with Gasteiger partial charge >= 0.3 is 4.88 Å². The zero-order valence-electron chi connectivity index (χ0n) is 5.45. The van der Waals surface area contributed by atoms with Gasteiger partial charge in [-0.05, 0) is 12.1 Å². The number of phenolic OH excluding ortho intramolecular Hbond substituents is 1. The SMILES string of the molecule is O=C(Br)Oc1ccccc1O. The van der Waals surface area contributed by atoms with Crippen molar-refractivity contribution in [3.8, 4) is 11.5 Å². The number of carbonyl (C=O) groups is 1. The van der Waals surface area contributed by atoms with E-state index in [1.54, 1.807) is 12.1 Å². The Balaban J connectivity index is 2.86. The number of halogens is 1. The Morgan fingerprint density at radius 1 is 1.45 bits per heavy atom. The monoisotopic (exact) mass is 216 g/mol. The first kappa shape index (κ1) is 8.07. The molecule has 1 N–H and O–H groups in total. The molecule has 0 bridgehead atoms. The van der Waals surface area contributed by atoms with Crippen LogP contribution in [0.25, 0.3) is 0 Å². The number of rotatable bonds is 1. The molecule has 0 amide bonds. The normalized spacial score (nSPS) is 9.18. The molecule has 58 valence electrons. The Hall–Kier alpha value is -1.03. The van der Waals surface area contributed by atoms with E-state index >= 15 is 0 Å². The largest absolute Gasteiger partial charge is 0.504 e. The molecule has 0 aliphatic rings. The lowest BCUT2D eigenvalue weighted by atomic mass is 10.3. The Labute approximate surface area is 71.7 Å². The van der Waals surface area contributed by atoms with Crippen LogP contribution in [-0.2, 0) is 0 Å². The summed E-state index contributed by atoms with van der Waals surface area (Å²) >= 11 is 2.57. The third-order valence-electron chi connectivity index (χ3n) is 1.06. The van der Waals surface area contributed by atoms with Gasteiger partial charge in [-0.1, -0.05) is 12.1 Å². The Morgan fingerprint density at radius 2 is 2.09 bits per heavy atom. The Kier molecular flexibility index (Phi) is 2.48. The summed E-state index contributed by atoms with van der Waals surface area (Å²) in [6.07, 6.45) is 0. The van der Waals surface area contributed by atoms with Crippen molar-refractivity contribution in [1.82, 2.24) is 0 Å². The van der Waals surface area contributed by atoms with Crippen molar-refractivity contribution in [3.63, 3.8) is 0 Å². The van der Waals surface area contributed by atoms with Crippen LogP contribution in [-0.4, -0.2) is 9.99 Å². The summed E-state index contributed by atoms with van der Waals surface area (Å²) in [6.45, 7) is 0. The van der Waals surface area contributed by atoms with Crippen LogP contribution in [0.15, 0.2) is 24.3 Å². The topological polar surface area (TPSA) is 46.5 Å². The number of hydrogen-bond donors (Lipinski definition) is 1. The summed E-state index contributed by atoms with van der Waals surface area (Å²) in [4.78, 5) is 9.72. The standard InChI is InChI=1S/C7H5BrO3/c8-7(10)11-6-4-2-1-3-5(6)9/h1-4,9H. The maximum absolute atomic E-state index is 10.3. The molecule has 0 aromatic heterocycles. The summed E-state index contributed by atoms with van der Waals surface area (Å²) in [6, 6.07) is 6.23. The molecule has 1 aromatic carbocycles. The molecule has 1 rings (SSSR count). The van der Waals surface area contributed by atoms with E-state index < -0.39 is 4.88 Å². The summed E-state index contributed by atoms with van der Waals surface area (Å²) in [5.41, 5.74) is 0. The second-order valence-electron chi connectivity index (χ2n) is 1.81. The summed E-state index contributed by atoms with van der Waals surface area (Å²) in [5.74, 6) is 0.0923. The van der Waals surface area contributed by atoms with Crippen LogP contribution in [0.4, 0.5) is 4.79 Å². The average molecular weight is 217 g/mol. The molecule has 11 heavy (non-hydrogen) atoms. The molecule has 0 aliphatic heterocycles. The van der Waals surface area contributed by atoms with Gasteiger partial charge in [0, 0.05) is 15.9 Å². The highest BCUT2D eigenvalue weighted by Crippen LogP contribution is 2.24. The third kappa shape index (κ3) is 2.23. The lowest BCUT2D eigenvalue weighted by molar-refractivity contribution is 0.226. The molecule has 0 spiro atoms. The minimum absolute atomic E-state index is 0.0553. The van der Waals surface area contributed by atoms with Crippen LogP contribution in [0, 0.1) is 0 Å². The third-order valence-corrected chi connectivity index (χ3v) is 1.22. The Bertz CT molecular complexity index is 272. The van der Waals surface area contributed by atoms with E-state index in [-0.39, 0.29) is 11.5 Å². The fourth-order valence-electron chi connectivity index (χ4n) is 0.630. The molecule has 0 heterocycles. The number of phenols is 1. The molecule has 0 fully saturated rings. The fourth-order valence-corrected chi connectivity index (χ4v) is 0.804. The van der Waals surface area contributed by atoms with E-state index in [1.165, 1.54) is 12.1 Å². The van der Waals surface area contributed by atoms with Gasteiger partial charge in [0.1, 0.15) is 0 Å². The first-order chi connectivity index (χ1) is 5.20. The van der Waals surface area contributed by atoms with Gasteiger partial charge < -0.3 is 9.84 Å². The van der Waals surface area contributed by atoms with Crippen molar-refractivity contribution in [1.29, 1.82) is 0 Å². The van der Waals surface area contributed by atoms with Crippen LogP contribution < -0.4 is 4.74 Å². The van der Waals surface area contributed by atoms with Crippen LogP contribution in [0.1, 0.15) is 0 Å². The number of para-hydroxylation sites is 2. The molecule has 0 atom stereocenters. The molecule has 0 saturated carbocycles. The summed E-state index contributed by atoms with van der Waals surface area (Å²) in [5, 5.41) is 9.06. The molecule has 0 saturated heterocycles. The predicted molar refractivity (Wildman–Crippen MR) is 43.1 cm³/mol. The van der Waals surface area contributed by atoms with E-state index in [4.69, 9.17) is 5.11 Å². The maximum atomic E-state index is 10.3. The predicted octanol–water partition coefficient (Wildman–Crippen LogP) is 2.29. The van der Waals surface area contributed by atoms with E-state index in [9.17, 15) is 4.79 Å². The van der Waals surface area contributed by atoms with Crippen LogP contribution in [0.5, 0.6) is 11.5 Å². The van der Waals surface area contributed by atoms with Gasteiger partial charge in [-0.15, -0.1) is 0 Å². The first-order valence-corrected chi connectivity index (χ1v) is 3.65. The number of carbonyl (C=O) groups excluding carboxylic acids is 1. The summed E-state index contributed by atoms with van der Waals surface area (Å²) in [7, 11) is 0. The van der Waals surface area contributed by atoms with E-state index in [2.05, 4.69) is 20.7 Å².